The molecule has 3 aromatic rings. The van der Waals surface area contributed by atoms with Crippen LogP contribution in [0.15, 0.2) is 30.3 Å². The van der Waals surface area contributed by atoms with E-state index in [4.69, 9.17) is 21.3 Å². The number of thiazole rings is 1. The molecule has 0 bridgehead atoms. The maximum atomic E-state index is 12.5. The van der Waals surface area contributed by atoms with Crippen molar-refractivity contribution in [3.05, 3.63) is 52.0 Å². The lowest BCUT2D eigenvalue weighted by Gasteiger charge is -2.34. The van der Waals surface area contributed by atoms with Crippen molar-refractivity contribution in [1.82, 2.24) is 15.2 Å². The molecule has 1 aromatic heterocycles. The van der Waals surface area contributed by atoms with Crippen LogP contribution < -0.4 is 15.0 Å². The zero-order valence-electron chi connectivity index (χ0n) is 18.1. The molecule has 0 saturated carbocycles. The number of methoxy groups -OCH3 is 1. The van der Waals surface area contributed by atoms with Crippen molar-refractivity contribution >= 4 is 44.2 Å². The van der Waals surface area contributed by atoms with Crippen LogP contribution in [0.5, 0.6) is 5.75 Å². The number of piperazine rings is 1. The van der Waals surface area contributed by atoms with Crippen LogP contribution in [-0.2, 0) is 0 Å². The van der Waals surface area contributed by atoms with E-state index in [1.54, 1.807) is 18.4 Å². The number of nitrogens with zero attached hydrogens (tertiary/aromatic N) is 3. The van der Waals surface area contributed by atoms with E-state index in [1.807, 2.05) is 44.2 Å². The van der Waals surface area contributed by atoms with Gasteiger partial charge in [0, 0.05) is 44.8 Å². The minimum atomic E-state index is 0.00178. The third-order valence-electron chi connectivity index (χ3n) is 5.65. The second-order valence-corrected chi connectivity index (χ2v) is 9.24. The number of aryl methyl sites for hydroxylation is 2. The Morgan fingerprint density at radius 1 is 1.19 bits per heavy atom. The summed E-state index contributed by atoms with van der Waals surface area (Å²) in [6, 6.07) is 9.83. The number of hydrogen-bond acceptors (Lipinski definition) is 6. The van der Waals surface area contributed by atoms with Gasteiger partial charge in [-0.15, -0.1) is 0 Å². The Morgan fingerprint density at radius 3 is 2.71 bits per heavy atom. The first-order chi connectivity index (χ1) is 15.0. The highest BCUT2D eigenvalue weighted by Crippen LogP contribution is 2.38. The number of benzene rings is 2. The average Bonchev–Trinajstić information content (AvgIpc) is 3.20. The van der Waals surface area contributed by atoms with Crippen LogP contribution in [-0.4, -0.2) is 62.2 Å². The fraction of sp³-hybridized carbons (Fsp3) is 0.391. The van der Waals surface area contributed by atoms with Gasteiger partial charge in [0.15, 0.2) is 10.9 Å². The number of anilines is 1. The second-order valence-electron chi connectivity index (χ2n) is 7.83. The number of amides is 1. The van der Waals surface area contributed by atoms with E-state index in [-0.39, 0.29) is 5.91 Å². The first-order valence-corrected chi connectivity index (χ1v) is 11.6. The van der Waals surface area contributed by atoms with Crippen molar-refractivity contribution in [1.29, 1.82) is 0 Å². The molecule has 2 aromatic carbocycles. The van der Waals surface area contributed by atoms with Crippen LogP contribution in [0.1, 0.15) is 21.5 Å². The Labute approximate surface area is 191 Å². The molecule has 0 aliphatic carbocycles. The summed E-state index contributed by atoms with van der Waals surface area (Å²) in [4.78, 5) is 22.0. The predicted octanol–water partition coefficient (Wildman–Crippen LogP) is 4.13. The van der Waals surface area contributed by atoms with E-state index >= 15 is 0 Å². The Bertz CT molecular complexity index is 1090. The van der Waals surface area contributed by atoms with Gasteiger partial charge in [-0.25, -0.2) is 4.98 Å². The number of hydrogen-bond donors (Lipinski definition) is 1. The number of nitrogens with one attached hydrogen (secondary N) is 1. The molecule has 0 radical (unpaired) electrons. The lowest BCUT2D eigenvalue weighted by Crippen LogP contribution is -2.48. The molecule has 2 heterocycles. The smallest absolute Gasteiger partial charge is 0.251 e. The standard InChI is InChI=1S/C23H27ClN4O2S/c1-15-4-5-16(2)17(14-15)22(29)25-8-9-27-10-12-28(13-11-27)23-26-20-19(31-23)7-6-18(24)21(20)30-3/h4-7,14H,8-13H2,1-3H3,(H,25,29). The van der Waals surface area contributed by atoms with Gasteiger partial charge in [-0.05, 0) is 37.6 Å². The molecule has 0 spiro atoms. The van der Waals surface area contributed by atoms with Gasteiger partial charge < -0.3 is 15.0 Å². The Morgan fingerprint density at radius 2 is 1.97 bits per heavy atom. The van der Waals surface area contributed by atoms with Crippen molar-refractivity contribution < 1.29 is 9.53 Å². The Balaban J connectivity index is 1.30. The molecule has 4 rings (SSSR count). The molecule has 1 saturated heterocycles. The van der Waals surface area contributed by atoms with Crippen molar-refractivity contribution in [2.75, 3.05) is 51.3 Å². The summed E-state index contributed by atoms with van der Waals surface area (Å²) in [5.74, 6) is 0.641. The van der Waals surface area contributed by atoms with Gasteiger partial charge in [0.2, 0.25) is 0 Å². The Kier molecular flexibility index (Phi) is 6.65. The zero-order chi connectivity index (χ0) is 22.0. The lowest BCUT2D eigenvalue weighted by atomic mass is 10.1. The van der Waals surface area contributed by atoms with Crippen LogP contribution in [0.25, 0.3) is 10.2 Å². The molecule has 1 aliphatic rings. The second kappa shape index (κ2) is 9.42. The molecule has 6 nitrogen and oxygen atoms in total. The van der Waals surface area contributed by atoms with E-state index in [2.05, 4.69) is 15.1 Å². The molecule has 1 amide bonds. The van der Waals surface area contributed by atoms with Gasteiger partial charge in [-0.2, -0.15) is 0 Å². The van der Waals surface area contributed by atoms with Crippen LogP contribution in [0, 0.1) is 13.8 Å². The zero-order valence-corrected chi connectivity index (χ0v) is 19.6. The fourth-order valence-electron chi connectivity index (χ4n) is 3.83. The number of fused-ring (bicyclic) bond motifs is 1. The summed E-state index contributed by atoms with van der Waals surface area (Å²) in [6.07, 6.45) is 0. The van der Waals surface area contributed by atoms with Gasteiger partial charge >= 0.3 is 0 Å². The Hall–Kier alpha value is -2.35. The van der Waals surface area contributed by atoms with Gasteiger partial charge in [-0.1, -0.05) is 40.6 Å². The van der Waals surface area contributed by atoms with E-state index in [9.17, 15) is 4.79 Å². The molecule has 0 unspecified atom stereocenters. The molecule has 1 aliphatic heterocycles. The molecular weight excluding hydrogens is 432 g/mol. The van der Waals surface area contributed by atoms with Crippen LogP contribution in [0.4, 0.5) is 5.13 Å². The predicted molar refractivity (Wildman–Crippen MR) is 128 cm³/mol. The van der Waals surface area contributed by atoms with Gasteiger partial charge in [0.05, 0.1) is 16.8 Å². The highest BCUT2D eigenvalue weighted by atomic mass is 35.5. The van der Waals surface area contributed by atoms with Gasteiger partial charge in [0.1, 0.15) is 5.52 Å². The number of rotatable bonds is 6. The minimum Gasteiger partial charge on any atom is -0.493 e. The van der Waals surface area contributed by atoms with E-state index in [1.165, 1.54) is 0 Å². The molecule has 1 N–H and O–H groups in total. The number of halogens is 1. The minimum absolute atomic E-state index is 0.00178. The number of ether oxygens (including phenoxy) is 1. The van der Waals surface area contributed by atoms with Crippen molar-refractivity contribution in [3.8, 4) is 5.75 Å². The maximum Gasteiger partial charge on any atom is 0.251 e. The molecule has 0 atom stereocenters. The van der Waals surface area contributed by atoms with Crippen molar-refractivity contribution in [2.24, 2.45) is 0 Å². The van der Waals surface area contributed by atoms with Crippen LogP contribution in [0.2, 0.25) is 5.02 Å². The van der Waals surface area contributed by atoms with E-state index < -0.39 is 0 Å². The maximum absolute atomic E-state index is 12.5. The van der Waals surface area contributed by atoms with Gasteiger partial charge in [-0.3, -0.25) is 9.69 Å². The average molecular weight is 459 g/mol. The quantitative estimate of drug-likeness (QED) is 0.602. The molecule has 31 heavy (non-hydrogen) atoms. The molecule has 1 fully saturated rings. The van der Waals surface area contributed by atoms with Crippen molar-refractivity contribution in [2.45, 2.75) is 13.8 Å². The molecule has 8 heteroatoms. The first kappa shape index (κ1) is 21.9. The molecule has 164 valence electrons. The van der Waals surface area contributed by atoms with E-state index in [0.29, 0.717) is 17.3 Å². The third kappa shape index (κ3) is 4.79. The summed E-state index contributed by atoms with van der Waals surface area (Å²) < 4.78 is 6.51. The highest BCUT2D eigenvalue weighted by Gasteiger charge is 2.21. The lowest BCUT2D eigenvalue weighted by molar-refractivity contribution is 0.0947. The molecular formula is C23H27ClN4O2S. The van der Waals surface area contributed by atoms with Gasteiger partial charge in [0.25, 0.3) is 5.91 Å². The van der Waals surface area contributed by atoms with E-state index in [0.717, 1.165) is 64.8 Å². The number of aromatic nitrogens is 1. The normalized spacial score (nSPS) is 14.8. The third-order valence-corrected chi connectivity index (χ3v) is 7.03. The fourth-order valence-corrected chi connectivity index (χ4v) is 5.08. The first-order valence-electron chi connectivity index (χ1n) is 10.4. The highest BCUT2D eigenvalue weighted by molar-refractivity contribution is 7.22. The number of carbonyl (C=O) groups excluding carboxylic acids is 1. The summed E-state index contributed by atoms with van der Waals surface area (Å²) in [7, 11) is 1.62. The summed E-state index contributed by atoms with van der Waals surface area (Å²) in [5.41, 5.74) is 3.69. The van der Waals surface area contributed by atoms with Crippen LogP contribution in [0.3, 0.4) is 0 Å². The summed E-state index contributed by atoms with van der Waals surface area (Å²) in [5, 5.41) is 4.64. The topological polar surface area (TPSA) is 57.7 Å². The van der Waals surface area contributed by atoms with Crippen LogP contribution >= 0.6 is 22.9 Å². The monoisotopic (exact) mass is 458 g/mol. The number of carbonyl (C=O) groups is 1. The summed E-state index contributed by atoms with van der Waals surface area (Å²) >= 11 is 7.90. The van der Waals surface area contributed by atoms with Crippen molar-refractivity contribution in [3.63, 3.8) is 0 Å². The summed E-state index contributed by atoms with van der Waals surface area (Å²) in [6.45, 7) is 9.14. The SMILES string of the molecule is COc1c(Cl)ccc2sc(N3CCN(CCNC(=O)c4cc(C)ccc4C)CC3)nc12. The largest absolute Gasteiger partial charge is 0.493 e.